The van der Waals surface area contributed by atoms with Gasteiger partial charge in [0.25, 0.3) is 0 Å². The molecule has 0 saturated heterocycles. The third-order valence-electron chi connectivity index (χ3n) is 1.88. The minimum Gasteiger partial charge on any atom is -0.490 e. The average molecular weight is 219 g/mol. The molecule has 1 aromatic carbocycles. The molecule has 0 heterocycles. The normalized spacial score (nSPS) is 9.69. The van der Waals surface area contributed by atoms with Gasteiger partial charge in [0, 0.05) is 0 Å². The number of methoxy groups -OCH3 is 1. The lowest BCUT2D eigenvalue weighted by Crippen LogP contribution is -2.11. The minimum atomic E-state index is -0.507. The number of benzene rings is 1. The van der Waals surface area contributed by atoms with Crippen LogP contribution >= 0.6 is 0 Å². The molecular formula is C12H13NO3. The Kier molecular flexibility index (Phi) is 3.90. The molecule has 0 radical (unpaired) electrons. The number of hydrogen-bond donors (Lipinski definition) is 0. The summed E-state index contributed by atoms with van der Waals surface area (Å²) in [5.41, 5.74) is 0.673. The predicted octanol–water partition coefficient (Wildman–Crippen LogP) is 2.13. The van der Waals surface area contributed by atoms with Gasteiger partial charge in [-0.25, -0.2) is 4.79 Å². The second kappa shape index (κ2) is 5.17. The van der Waals surface area contributed by atoms with Gasteiger partial charge in [-0.2, -0.15) is 5.26 Å². The zero-order valence-corrected chi connectivity index (χ0v) is 9.48. The van der Waals surface area contributed by atoms with E-state index >= 15 is 0 Å². The molecule has 0 bridgehead atoms. The third-order valence-corrected chi connectivity index (χ3v) is 1.88. The van der Waals surface area contributed by atoms with Crippen LogP contribution in [0.2, 0.25) is 0 Å². The van der Waals surface area contributed by atoms with Crippen molar-refractivity contribution in [1.29, 1.82) is 5.26 Å². The standard InChI is InChI=1S/C12H13NO3/c1-8(2)16-11-5-4-9(7-13)6-10(11)12(14)15-3/h4-6,8H,1-3H3. The van der Waals surface area contributed by atoms with Gasteiger partial charge in [-0.3, -0.25) is 0 Å². The van der Waals surface area contributed by atoms with Gasteiger partial charge in [-0.05, 0) is 32.0 Å². The van der Waals surface area contributed by atoms with Gasteiger partial charge in [0.05, 0.1) is 24.8 Å². The van der Waals surface area contributed by atoms with E-state index in [-0.39, 0.29) is 11.7 Å². The van der Waals surface area contributed by atoms with Crippen molar-refractivity contribution in [2.75, 3.05) is 7.11 Å². The Balaban J connectivity index is 3.17. The van der Waals surface area contributed by atoms with Crippen molar-refractivity contribution in [1.82, 2.24) is 0 Å². The van der Waals surface area contributed by atoms with E-state index in [4.69, 9.17) is 10.00 Å². The number of rotatable bonds is 3. The lowest BCUT2D eigenvalue weighted by Gasteiger charge is -2.13. The summed E-state index contributed by atoms with van der Waals surface area (Å²) in [5, 5.41) is 8.75. The van der Waals surface area contributed by atoms with Gasteiger partial charge in [-0.15, -0.1) is 0 Å². The van der Waals surface area contributed by atoms with E-state index in [1.54, 1.807) is 12.1 Å². The fourth-order valence-corrected chi connectivity index (χ4v) is 1.23. The molecule has 1 rings (SSSR count). The second-order valence-electron chi connectivity index (χ2n) is 3.48. The van der Waals surface area contributed by atoms with Crippen LogP contribution in [0.3, 0.4) is 0 Å². The van der Waals surface area contributed by atoms with E-state index in [2.05, 4.69) is 4.74 Å². The van der Waals surface area contributed by atoms with Crippen molar-refractivity contribution < 1.29 is 14.3 Å². The Hall–Kier alpha value is -2.02. The summed E-state index contributed by atoms with van der Waals surface area (Å²) in [5.74, 6) is -0.0754. The van der Waals surface area contributed by atoms with Crippen LogP contribution in [0.5, 0.6) is 5.75 Å². The molecule has 0 unspecified atom stereocenters. The lowest BCUT2D eigenvalue weighted by molar-refractivity contribution is 0.0594. The molecule has 1 aromatic rings. The maximum Gasteiger partial charge on any atom is 0.341 e. The molecule has 16 heavy (non-hydrogen) atoms. The Labute approximate surface area is 94.4 Å². The average Bonchev–Trinajstić information content (AvgIpc) is 2.28. The highest BCUT2D eigenvalue weighted by molar-refractivity contribution is 5.92. The summed E-state index contributed by atoms with van der Waals surface area (Å²) >= 11 is 0. The van der Waals surface area contributed by atoms with E-state index in [0.717, 1.165) is 0 Å². The minimum absolute atomic E-state index is 0.0451. The molecule has 0 aliphatic rings. The van der Waals surface area contributed by atoms with Crippen LogP contribution in [0.4, 0.5) is 0 Å². The summed E-state index contributed by atoms with van der Waals surface area (Å²) in [4.78, 5) is 11.5. The highest BCUT2D eigenvalue weighted by atomic mass is 16.5. The van der Waals surface area contributed by atoms with Crippen LogP contribution in [-0.2, 0) is 4.74 Å². The molecule has 0 N–H and O–H groups in total. The van der Waals surface area contributed by atoms with Crippen LogP contribution in [0.25, 0.3) is 0 Å². The molecule has 0 atom stereocenters. The lowest BCUT2D eigenvalue weighted by atomic mass is 10.1. The topological polar surface area (TPSA) is 59.3 Å². The first-order chi connectivity index (χ1) is 7.58. The number of hydrogen-bond acceptors (Lipinski definition) is 4. The first kappa shape index (κ1) is 12.1. The second-order valence-corrected chi connectivity index (χ2v) is 3.48. The van der Waals surface area contributed by atoms with E-state index in [0.29, 0.717) is 11.3 Å². The molecule has 0 fully saturated rings. The molecule has 0 aliphatic heterocycles. The van der Waals surface area contributed by atoms with Crippen molar-refractivity contribution in [3.8, 4) is 11.8 Å². The van der Waals surface area contributed by atoms with Gasteiger partial charge in [0.1, 0.15) is 11.3 Å². The molecule has 84 valence electrons. The largest absolute Gasteiger partial charge is 0.490 e. The highest BCUT2D eigenvalue weighted by Crippen LogP contribution is 2.22. The summed E-state index contributed by atoms with van der Waals surface area (Å²) < 4.78 is 10.1. The van der Waals surface area contributed by atoms with E-state index in [1.165, 1.54) is 13.2 Å². The van der Waals surface area contributed by atoms with Gasteiger partial charge in [0.15, 0.2) is 0 Å². The molecule has 4 nitrogen and oxygen atoms in total. The third kappa shape index (κ3) is 2.74. The molecule has 0 amide bonds. The van der Waals surface area contributed by atoms with Crippen molar-refractivity contribution >= 4 is 5.97 Å². The maximum atomic E-state index is 11.5. The van der Waals surface area contributed by atoms with Crippen LogP contribution in [0.15, 0.2) is 18.2 Å². The number of carbonyl (C=O) groups is 1. The van der Waals surface area contributed by atoms with Crippen molar-refractivity contribution in [3.05, 3.63) is 29.3 Å². The molecular weight excluding hydrogens is 206 g/mol. The summed E-state index contributed by atoms with van der Waals surface area (Å²) in [6.45, 7) is 3.72. The monoisotopic (exact) mass is 219 g/mol. The van der Waals surface area contributed by atoms with E-state index < -0.39 is 5.97 Å². The molecule has 0 aromatic heterocycles. The number of ether oxygens (including phenoxy) is 2. The first-order valence-electron chi connectivity index (χ1n) is 4.87. The highest BCUT2D eigenvalue weighted by Gasteiger charge is 2.14. The Bertz CT molecular complexity index is 432. The number of nitrogens with zero attached hydrogens (tertiary/aromatic N) is 1. The SMILES string of the molecule is COC(=O)c1cc(C#N)ccc1OC(C)C. The number of nitriles is 1. The van der Waals surface area contributed by atoms with Crippen LogP contribution in [-0.4, -0.2) is 19.2 Å². The Morgan fingerprint density at radius 2 is 2.12 bits per heavy atom. The van der Waals surface area contributed by atoms with Gasteiger partial charge < -0.3 is 9.47 Å². The fraction of sp³-hybridized carbons (Fsp3) is 0.333. The van der Waals surface area contributed by atoms with Crippen LogP contribution in [0.1, 0.15) is 29.8 Å². The number of carbonyl (C=O) groups excluding carboxylic acids is 1. The summed E-state index contributed by atoms with van der Waals surface area (Å²) in [6.07, 6.45) is -0.0451. The molecule has 4 heteroatoms. The Morgan fingerprint density at radius 3 is 2.62 bits per heavy atom. The Morgan fingerprint density at radius 1 is 1.44 bits per heavy atom. The fourth-order valence-electron chi connectivity index (χ4n) is 1.23. The van der Waals surface area contributed by atoms with Crippen LogP contribution in [0, 0.1) is 11.3 Å². The van der Waals surface area contributed by atoms with Crippen molar-refractivity contribution in [2.24, 2.45) is 0 Å². The van der Waals surface area contributed by atoms with Gasteiger partial charge in [-0.1, -0.05) is 0 Å². The van der Waals surface area contributed by atoms with E-state index in [9.17, 15) is 4.79 Å². The first-order valence-corrected chi connectivity index (χ1v) is 4.87. The quantitative estimate of drug-likeness (QED) is 0.731. The predicted molar refractivity (Wildman–Crippen MR) is 58.3 cm³/mol. The molecule has 0 spiro atoms. The zero-order valence-electron chi connectivity index (χ0n) is 9.48. The van der Waals surface area contributed by atoms with E-state index in [1.807, 2.05) is 19.9 Å². The molecule has 0 saturated carbocycles. The molecule has 0 aliphatic carbocycles. The van der Waals surface area contributed by atoms with Gasteiger partial charge >= 0.3 is 5.97 Å². The summed E-state index contributed by atoms with van der Waals surface area (Å²) in [6, 6.07) is 6.63. The van der Waals surface area contributed by atoms with Crippen LogP contribution < -0.4 is 4.74 Å². The van der Waals surface area contributed by atoms with Gasteiger partial charge in [0.2, 0.25) is 0 Å². The maximum absolute atomic E-state index is 11.5. The summed E-state index contributed by atoms with van der Waals surface area (Å²) in [7, 11) is 1.29. The number of esters is 1. The smallest absolute Gasteiger partial charge is 0.341 e. The van der Waals surface area contributed by atoms with Crippen molar-refractivity contribution in [2.45, 2.75) is 20.0 Å². The zero-order chi connectivity index (χ0) is 12.1. The van der Waals surface area contributed by atoms with Crippen molar-refractivity contribution in [3.63, 3.8) is 0 Å².